The minimum absolute atomic E-state index is 0.129. The summed E-state index contributed by atoms with van der Waals surface area (Å²) in [6.07, 6.45) is 5.54. The summed E-state index contributed by atoms with van der Waals surface area (Å²) >= 11 is 6.02. The molecular formula is C23H27ClN2O3. The Balaban J connectivity index is 1.66. The summed E-state index contributed by atoms with van der Waals surface area (Å²) in [4.78, 5) is 27.0. The molecule has 1 aliphatic carbocycles. The maximum atomic E-state index is 12.8. The topological polar surface area (TPSA) is 58.6 Å². The molecule has 0 aromatic heterocycles. The zero-order valence-corrected chi connectivity index (χ0v) is 17.7. The number of hydrogen-bond donors (Lipinski definition) is 1. The molecule has 2 aromatic rings. The van der Waals surface area contributed by atoms with Crippen LogP contribution in [0.5, 0.6) is 5.75 Å². The first-order chi connectivity index (χ1) is 14.0. The summed E-state index contributed by atoms with van der Waals surface area (Å²) in [5, 5.41) is 3.77. The van der Waals surface area contributed by atoms with E-state index in [1.807, 2.05) is 19.1 Å². The molecule has 0 spiro atoms. The van der Waals surface area contributed by atoms with Gasteiger partial charge in [-0.05, 0) is 55.7 Å². The fourth-order valence-corrected chi connectivity index (χ4v) is 3.67. The average molecular weight is 415 g/mol. The zero-order valence-electron chi connectivity index (χ0n) is 16.9. The Kier molecular flexibility index (Phi) is 7.15. The van der Waals surface area contributed by atoms with Crippen LogP contribution in [0.25, 0.3) is 0 Å². The largest absolute Gasteiger partial charge is 0.484 e. The quantitative estimate of drug-likeness (QED) is 0.741. The molecule has 1 aliphatic rings. The van der Waals surface area contributed by atoms with Crippen LogP contribution in [0.3, 0.4) is 0 Å². The molecule has 1 saturated carbocycles. The highest BCUT2D eigenvalue weighted by Gasteiger charge is 2.22. The van der Waals surface area contributed by atoms with E-state index in [0.29, 0.717) is 22.0 Å². The number of rotatable bonds is 6. The van der Waals surface area contributed by atoms with Crippen molar-refractivity contribution in [1.29, 1.82) is 0 Å². The molecule has 29 heavy (non-hydrogen) atoms. The van der Waals surface area contributed by atoms with E-state index in [4.69, 9.17) is 16.3 Å². The molecule has 0 atom stereocenters. The predicted octanol–water partition coefficient (Wildman–Crippen LogP) is 4.75. The number of carbonyl (C=O) groups excluding carboxylic acids is 2. The highest BCUT2D eigenvalue weighted by molar-refractivity contribution is 6.31. The van der Waals surface area contributed by atoms with Gasteiger partial charge in [0.2, 0.25) is 0 Å². The average Bonchev–Trinajstić information content (AvgIpc) is 2.74. The van der Waals surface area contributed by atoms with E-state index in [9.17, 15) is 9.59 Å². The van der Waals surface area contributed by atoms with Gasteiger partial charge in [-0.3, -0.25) is 9.59 Å². The number of benzene rings is 2. The zero-order chi connectivity index (χ0) is 20.8. The number of hydrogen-bond acceptors (Lipinski definition) is 3. The monoisotopic (exact) mass is 414 g/mol. The van der Waals surface area contributed by atoms with Crippen LogP contribution in [0, 0.1) is 6.92 Å². The first kappa shape index (κ1) is 21.2. The lowest BCUT2D eigenvalue weighted by atomic mass is 9.95. The maximum absolute atomic E-state index is 12.8. The van der Waals surface area contributed by atoms with Crippen molar-refractivity contribution in [3.63, 3.8) is 0 Å². The molecule has 6 heteroatoms. The Morgan fingerprint density at radius 2 is 1.86 bits per heavy atom. The summed E-state index contributed by atoms with van der Waals surface area (Å²) in [5.74, 6) is 0.203. The third-order valence-corrected chi connectivity index (χ3v) is 5.74. The van der Waals surface area contributed by atoms with Gasteiger partial charge in [0.25, 0.3) is 11.8 Å². The first-order valence-electron chi connectivity index (χ1n) is 10.0. The van der Waals surface area contributed by atoms with E-state index in [1.54, 1.807) is 37.4 Å². The molecule has 0 heterocycles. The number of ether oxygens (including phenoxy) is 1. The van der Waals surface area contributed by atoms with Crippen molar-refractivity contribution in [2.24, 2.45) is 0 Å². The number of anilines is 1. The molecule has 154 valence electrons. The van der Waals surface area contributed by atoms with Crippen LogP contribution < -0.4 is 15.0 Å². The van der Waals surface area contributed by atoms with E-state index in [-0.39, 0.29) is 24.5 Å². The minimum atomic E-state index is -0.240. The van der Waals surface area contributed by atoms with Gasteiger partial charge < -0.3 is 15.0 Å². The Morgan fingerprint density at radius 3 is 2.59 bits per heavy atom. The fraction of sp³-hybridized carbons (Fsp3) is 0.391. The van der Waals surface area contributed by atoms with Gasteiger partial charge in [0, 0.05) is 18.1 Å². The van der Waals surface area contributed by atoms with Gasteiger partial charge in [0.1, 0.15) is 5.75 Å². The molecule has 5 nitrogen and oxygen atoms in total. The molecular weight excluding hydrogens is 388 g/mol. The molecule has 0 radical (unpaired) electrons. The molecule has 0 aliphatic heterocycles. The second-order valence-corrected chi connectivity index (χ2v) is 7.89. The van der Waals surface area contributed by atoms with Gasteiger partial charge in [-0.15, -0.1) is 0 Å². The first-order valence-corrected chi connectivity index (χ1v) is 10.4. The lowest BCUT2D eigenvalue weighted by molar-refractivity contribution is -0.120. The van der Waals surface area contributed by atoms with E-state index in [0.717, 1.165) is 31.2 Å². The van der Waals surface area contributed by atoms with Crippen LogP contribution in [-0.2, 0) is 4.79 Å². The number of nitrogens with zero attached hydrogens (tertiary/aromatic N) is 1. The Hall–Kier alpha value is -2.53. The smallest absolute Gasteiger partial charge is 0.264 e. The number of halogens is 1. The standard InChI is InChI=1S/C23H27ClN2O3/c1-16-14-18(12-13-20(16)24)29-15-22(27)26(2)21-11-7-6-10-19(21)23(28)25-17-8-4-3-5-9-17/h6-7,10-14,17H,3-5,8-9,15H2,1-2H3,(H,25,28). The molecule has 1 fully saturated rings. The van der Waals surface area contributed by atoms with Crippen molar-refractivity contribution in [2.45, 2.75) is 45.1 Å². The molecule has 1 N–H and O–H groups in total. The van der Waals surface area contributed by atoms with Gasteiger partial charge in [-0.25, -0.2) is 0 Å². The van der Waals surface area contributed by atoms with Gasteiger partial charge in [-0.2, -0.15) is 0 Å². The Morgan fingerprint density at radius 1 is 1.14 bits per heavy atom. The van der Waals surface area contributed by atoms with Crippen LogP contribution in [0.1, 0.15) is 48.0 Å². The fourth-order valence-electron chi connectivity index (χ4n) is 3.55. The van der Waals surface area contributed by atoms with E-state index in [2.05, 4.69) is 5.32 Å². The highest BCUT2D eigenvalue weighted by Crippen LogP contribution is 2.23. The van der Waals surface area contributed by atoms with Gasteiger partial charge in [0.15, 0.2) is 6.61 Å². The summed E-state index contributed by atoms with van der Waals surface area (Å²) in [5.41, 5.74) is 1.95. The second kappa shape index (κ2) is 9.79. The van der Waals surface area contributed by atoms with Crippen molar-refractivity contribution in [2.75, 3.05) is 18.6 Å². The number of amides is 2. The normalized spacial score (nSPS) is 14.3. The lowest BCUT2D eigenvalue weighted by Crippen LogP contribution is -2.38. The predicted molar refractivity (Wildman–Crippen MR) is 116 cm³/mol. The lowest BCUT2D eigenvalue weighted by Gasteiger charge is -2.25. The molecule has 2 aromatic carbocycles. The summed E-state index contributed by atoms with van der Waals surface area (Å²) in [6, 6.07) is 12.6. The van der Waals surface area contributed by atoms with E-state index in [1.165, 1.54) is 11.3 Å². The number of carbonyl (C=O) groups is 2. The number of nitrogens with one attached hydrogen (secondary N) is 1. The van der Waals surface area contributed by atoms with Gasteiger partial charge in [-0.1, -0.05) is 43.0 Å². The maximum Gasteiger partial charge on any atom is 0.264 e. The van der Waals surface area contributed by atoms with Gasteiger partial charge >= 0.3 is 0 Å². The SMILES string of the molecule is Cc1cc(OCC(=O)N(C)c2ccccc2C(=O)NC2CCCCC2)ccc1Cl. The second-order valence-electron chi connectivity index (χ2n) is 7.48. The summed E-state index contributed by atoms with van der Waals surface area (Å²) < 4.78 is 5.62. The summed E-state index contributed by atoms with van der Waals surface area (Å²) in [6.45, 7) is 1.75. The van der Waals surface area contributed by atoms with Crippen molar-refractivity contribution in [3.8, 4) is 5.75 Å². The van der Waals surface area contributed by atoms with Gasteiger partial charge in [0.05, 0.1) is 11.3 Å². The van der Waals surface area contributed by atoms with Crippen LogP contribution in [0.2, 0.25) is 5.02 Å². The highest BCUT2D eigenvalue weighted by atomic mass is 35.5. The van der Waals surface area contributed by atoms with Crippen molar-refractivity contribution >= 4 is 29.1 Å². The molecule has 3 rings (SSSR count). The molecule has 2 amide bonds. The number of aryl methyl sites for hydroxylation is 1. The van der Waals surface area contributed by atoms with Crippen molar-refractivity contribution in [1.82, 2.24) is 5.32 Å². The molecule has 0 saturated heterocycles. The van der Waals surface area contributed by atoms with E-state index >= 15 is 0 Å². The molecule has 0 bridgehead atoms. The Bertz CT molecular complexity index is 878. The van der Waals surface area contributed by atoms with Crippen LogP contribution in [0.4, 0.5) is 5.69 Å². The van der Waals surface area contributed by atoms with Crippen LogP contribution in [-0.4, -0.2) is 31.5 Å². The molecule has 0 unspecified atom stereocenters. The Labute approximate surface area is 177 Å². The van der Waals surface area contributed by atoms with Crippen molar-refractivity contribution < 1.29 is 14.3 Å². The summed E-state index contributed by atoms with van der Waals surface area (Å²) in [7, 11) is 1.66. The number of para-hydroxylation sites is 1. The third-order valence-electron chi connectivity index (χ3n) is 5.32. The number of likely N-dealkylation sites (N-methyl/N-ethyl adjacent to an activating group) is 1. The van der Waals surface area contributed by atoms with Crippen LogP contribution >= 0.6 is 11.6 Å². The minimum Gasteiger partial charge on any atom is -0.484 e. The van der Waals surface area contributed by atoms with Crippen molar-refractivity contribution in [3.05, 3.63) is 58.6 Å². The third kappa shape index (κ3) is 5.51. The van der Waals surface area contributed by atoms with Crippen LogP contribution in [0.15, 0.2) is 42.5 Å². The van der Waals surface area contributed by atoms with E-state index < -0.39 is 0 Å².